The third-order valence-corrected chi connectivity index (χ3v) is 4.63. The van der Waals surface area contributed by atoms with E-state index in [1.165, 1.54) is 0 Å². The van der Waals surface area contributed by atoms with Gasteiger partial charge in [-0.15, -0.1) is 10.2 Å². The molecule has 1 saturated heterocycles. The standard InChI is InChI=1S/C18H20N6O/c1-13-5-6-15(19-12-13)20-18(25)23-10-7-14(8-11-23)17-22-21-16-4-2-3-9-24(16)17/h2-6,9,12,14H,7-8,10-11H2,1H3,(H,19,20,25). The van der Waals surface area contributed by atoms with Crippen molar-refractivity contribution in [2.45, 2.75) is 25.7 Å². The van der Waals surface area contributed by atoms with Crippen LogP contribution < -0.4 is 5.32 Å². The number of hydrogen-bond acceptors (Lipinski definition) is 4. The Bertz CT molecular complexity index is 880. The van der Waals surface area contributed by atoms with Crippen molar-refractivity contribution in [1.82, 2.24) is 24.5 Å². The lowest BCUT2D eigenvalue weighted by Crippen LogP contribution is -2.41. The molecule has 4 rings (SSSR count). The van der Waals surface area contributed by atoms with E-state index in [0.717, 1.165) is 29.9 Å². The van der Waals surface area contributed by atoms with Crippen LogP contribution in [0.4, 0.5) is 10.6 Å². The maximum Gasteiger partial charge on any atom is 0.323 e. The summed E-state index contributed by atoms with van der Waals surface area (Å²) in [5.74, 6) is 1.89. The number of aromatic nitrogens is 4. The molecule has 2 amide bonds. The van der Waals surface area contributed by atoms with Gasteiger partial charge in [-0.1, -0.05) is 12.1 Å². The van der Waals surface area contributed by atoms with Crippen LogP contribution in [0, 0.1) is 6.92 Å². The molecule has 0 unspecified atom stereocenters. The van der Waals surface area contributed by atoms with Crippen molar-refractivity contribution in [3.05, 3.63) is 54.1 Å². The lowest BCUT2D eigenvalue weighted by molar-refractivity contribution is 0.193. The number of likely N-dealkylation sites (tertiary alicyclic amines) is 1. The number of fused-ring (bicyclic) bond motifs is 1. The third-order valence-electron chi connectivity index (χ3n) is 4.63. The first-order valence-corrected chi connectivity index (χ1v) is 8.49. The van der Waals surface area contributed by atoms with Crippen molar-refractivity contribution in [2.24, 2.45) is 0 Å². The summed E-state index contributed by atoms with van der Waals surface area (Å²) >= 11 is 0. The van der Waals surface area contributed by atoms with Crippen LogP contribution in [0.25, 0.3) is 5.65 Å². The van der Waals surface area contributed by atoms with Crippen molar-refractivity contribution in [3.63, 3.8) is 0 Å². The molecule has 3 aromatic rings. The van der Waals surface area contributed by atoms with Gasteiger partial charge in [-0.05, 0) is 43.5 Å². The molecule has 1 fully saturated rings. The fraction of sp³-hybridized carbons (Fsp3) is 0.333. The van der Waals surface area contributed by atoms with Crippen LogP contribution in [0.2, 0.25) is 0 Å². The van der Waals surface area contributed by atoms with E-state index >= 15 is 0 Å². The Morgan fingerprint density at radius 1 is 1.16 bits per heavy atom. The zero-order valence-corrected chi connectivity index (χ0v) is 14.1. The number of rotatable bonds is 2. The van der Waals surface area contributed by atoms with Gasteiger partial charge in [-0.25, -0.2) is 9.78 Å². The SMILES string of the molecule is Cc1ccc(NC(=O)N2CCC(c3nnc4ccccn34)CC2)nc1. The van der Waals surface area contributed by atoms with E-state index in [1.54, 1.807) is 6.20 Å². The average molecular weight is 336 g/mol. The van der Waals surface area contributed by atoms with Crippen molar-refractivity contribution < 1.29 is 4.79 Å². The lowest BCUT2D eigenvalue weighted by atomic mass is 9.96. The number of hydrogen-bond donors (Lipinski definition) is 1. The van der Waals surface area contributed by atoms with E-state index in [4.69, 9.17) is 0 Å². The predicted octanol–water partition coefficient (Wildman–Crippen LogP) is 2.84. The molecule has 1 aliphatic heterocycles. The summed E-state index contributed by atoms with van der Waals surface area (Å²) in [6.07, 6.45) is 5.50. The highest BCUT2D eigenvalue weighted by atomic mass is 16.2. The van der Waals surface area contributed by atoms with E-state index < -0.39 is 0 Å². The lowest BCUT2D eigenvalue weighted by Gasteiger charge is -2.31. The molecule has 3 aromatic heterocycles. The summed E-state index contributed by atoms with van der Waals surface area (Å²) < 4.78 is 2.04. The monoisotopic (exact) mass is 336 g/mol. The van der Waals surface area contributed by atoms with Gasteiger partial charge < -0.3 is 4.90 Å². The number of pyridine rings is 2. The number of urea groups is 1. The molecule has 4 heterocycles. The van der Waals surface area contributed by atoms with Crippen LogP contribution in [0.1, 0.15) is 30.1 Å². The van der Waals surface area contributed by atoms with E-state index in [2.05, 4.69) is 20.5 Å². The molecule has 128 valence electrons. The molecule has 0 radical (unpaired) electrons. The molecule has 0 aromatic carbocycles. The summed E-state index contributed by atoms with van der Waals surface area (Å²) in [5.41, 5.74) is 1.93. The summed E-state index contributed by atoms with van der Waals surface area (Å²) in [6, 6.07) is 9.55. The van der Waals surface area contributed by atoms with Gasteiger partial charge in [0.05, 0.1) is 0 Å². The van der Waals surface area contributed by atoms with Crippen LogP contribution >= 0.6 is 0 Å². The quantitative estimate of drug-likeness (QED) is 0.781. The Labute approximate surface area is 145 Å². The number of carbonyl (C=O) groups is 1. The van der Waals surface area contributed by atoms with Gasteiger partial charge in [0.15, 0.2) is 5.65 Å². The first kappa shape index (κ1) is 15.6. The van der Waals surface area contributed by atoms with Crippen molar-refractivity contribution >= 4 is 17.5 Å². The number of anilines is 1. The molecule has 1 N–H and O–H groups in total. The van der Waals surface area contributed by atoms with Gasteiger partial charge in [0.25, 0.3) is 0 Å². The van der Waals surface area contributed by atoms with Gasteiger partial charge in [0, 0.05) is 31.4 Å². The number of carbonyl (C=O) groups excluding carboxylic acids is 1. The molecule has 0 aliphatic carbocycles. The fourth-order valence-corrected chi connectivity index (χ4v) is 3.21. The van der Waals surface area contributed by atoms with Gasteiger partial charge in [0.1, 0.15) is 11.6 Å². The molecule has 0 atom stereocenters. The van der Waals surface area contributed by atoms with Crippen LogP contribution in [-0.2, 0) is 0 Å². The highest BCUT2D eigenvalue weighted by Gasteiger charge is 2.26. The Hall–Kier alpha value is -2.96. The average Bonchev–Trinajstić information content (AvgIpc) is 3.08. The van der Waals surface area contributed by atoms with Crippen molar-refractivity contribution in [3.8, 4) is 0 Å². The van der Waals surface area contributed by atoms with E-state index in [-0.39, 0.29) is 6.03 Å². The molecule has 7 heteroatoms. The van der Waals surface area contributed by atoms with Crippen LogP contribution in [0.5, 0.6) is 0 Å². The smallest absolute Gasteiger partial charge is 0.323 e. The maximum atomic E-state index is 12.4. The number of piperidine rings is 1. The van der Waals surface area contributed by atoms with Gasteiger partial charge in [0.2, 0.25) is 0 Å². The third kappa shape index (κ3) is 3.17. The van der Waals surface area contributed by atoms with Crippen LogP contribution in [-0.4, -0.2) is 43.6 Å². The summed E-state index contributed by atoms with van der Waals surface area (Å²) in [5, 5.41) is 11.4. The van der Waals surface area contributed by atoms with Gasteiger partial charge in [-0.3, -0.25) is 9.72 Å². The number of nitrogens with one attached hydrogen (secondary N) is 1. The first-order chi connectivity index (χ1) is 12.2. The van der Waals surface area contributed by atoms with Crippen molar-refractivity contribution in [1.29, 1.82) is 0 Å². The summed E-state index contributed by atoms with van der Waals surface area (Å²) in [4.78, 5) is 18.5. The minimum atomic E-state index is -0.0964. The Kier molecular flexibility index (Phi) is 4.05. The number of nitrogens with zero attached hydrogens (tertiary/aromatic N) is 5. The van der Waals surface area contributed by atoms with E-state index in [1.807, 2.05) is 52.8 Å². The molecular formula is C18H20N6O. The normalized spacial score (nSPS) is 15.5. The minimum Gasteiger partial charge on any atom is -0.324 e. The van der Waals surface area contributed by atoms with Crippen LogP contribution in [0.3, 0.4) is 0 Å². The summed E-state index contributed by atoms with van der Waals surface area (Å²) in [6.45, 7) is 3.37. The Balaban J connectivity index is 1.39. The predicted molar refractivity (Wildman–Crippen MR) is 94.5 cm³/mol. The van der Waals surface area contributed by atoms with Crippen LogP contribution in [0.15, 0.2) is 42.7 Å². The second kappa shape index (κ2) is 6.51. The molecule has 0 bridgehead atoms. The highest BCUT2D eigenvalue weighted by Crippen LogP contribution is 2.27. The molecule has 25 heavy (non-hydrogen) atoms. The van der Waals surface area contributed by atoms with E-state index in [0.29, 0.717) is 24.8 Å². The van der Waals surface area contributed by atoms with Gasteiger partial charge in [-0.2, -0.15) is 0 Å². The fourth-order valence-electron chi connectivity index (χ4n) is 3.21. The molecule has 0 spiro atoms. The number of aryl methyl sites for hydroxylation is 1. The molecule has 7 nitrogen and oxygen atoms in total. The largest absolute Gasteiger partial charge is 0.324 e. The first-order valence-electron chi connectivity index (χ1n) is 8.49. The zero-order valence-electron chi connectivity index (χ0n) is 14.1. The molecule has 0 saturated carbocycles. The van der Waals surface area contributed by atoms with E-state index in [9.17, 15) is 4.79 Å². The molecular weight excluding hydrogens is 316 g/mol. The number of amides is 2. The van der Waals surface area contributed by atoms with Crippen molar-refractivity contribution in [2.75, 3.05) is 18.4 Å². The summed E-state index contributed by atoms with van der Waals surface area (Å²) in [7, 11) is 0. The maximum absolute atomic E-state index is 12.4. The second-order valence-electron chi connectivity index (χ2n) is 6.40. The molecule has 1 aliphatic rings. The van der Waals surface area contributed by atoms with Gasteiger partial charge >= 0.3 is 6.03 Å². The Morgan fingerprint density at radius 3 is 2.76 bits per heavy atom. The minimum absolute atomic E-state index is 0.0964. The topological polar surface area (TPSA) is 75.4 Å². The second-order valence-corrected chi connectivity index (χ2v) is 6.40. The zero-order chi connectivity index (χ0) is 17.2. The Morgan fingerprint density at radius 2 is 2.00 bits per heavy atom. The highest BCUT2D eigenvalue weighted by molar-refractivity contribution is 5.88.